The molecule has 102 valence electrons. The second-order valence-corrected chi connectivity index (χ2v) is 4.48. The highest BCUT2D eigenvalue weighted by atomic mass is 16.5. The van der Waals surface area contributed by atoms with E-state index in [1.165, 1.54) is 13.2 Å². The summed E-state index contributed by atoms with van der Waals surface area (Å²) >= 11 is 0. The maximum absolute atomic E-state index is 12.2. The third-order valence-corrected chi connectivity index (χ3v) is 3.37. The van der Waals surface area contributed by atoms with Crippen molar-refractivity contribution in [3.63, 3.8) is 0 Å². The van der Waals surface area contributed by atoms with E-state index in [1.807, 2.05) is 0 Å². The van der Waals surface area contributed by atoms with Gasteiger partial charge in [-0.05, 0) is 18.6 Å². The molecule has 0 radical (unpaired) electrons. The van der Waals surface area contributed by atoms with Gasteiger partial charge in [0.25, 0.3) is 5.95 Å². The van der Waals surface area contributed by atoms with Crippen LogP contribution in [0, 0.1) is 6.92 Å². The van der Waals surface area contributed by atoms with Gasteiger partial charge in [-0.25, -0.2) is 0 Å². The van der Waals surface area contributed by atoms with Crippen LogP contribution in [-0.4, -0.2) is 17.3 Å². The average molecular weight is 274 g/mol. The largest absolute Gasteiger partial charge is 0.502 e. The number of benzene rings is 2. The summed E-state index contributed by atoms with van der Waals surface area (Å²) in [6.07, 6.45) is 1.14. The molecular weight excluding hydrogens is 264 g/mol. The molecule has 0 aliphatic heterocycles. The normalized spacial score (nSPS) is 11.3. The quantitative estimate of drug-likeness (QED) is 0.697. The summed E-state index contributed by atoms with van der Waals surface area (Å²) in [5.41, 5.74) is -0.697. The van der Waals surface area contributed by atoms with Crippen molar-refractivity contribution in [1.82, 2.24) is 0 Å². The number of rotatable bonds is 1. The average Bonchev–Trinajstić information content (AvgIpc) is 2.39. The van der Waals surface area contributed by atoms with Crippen LogP contribution in [0.4, 0.5) is 0 Å². The zero-order valence-corrected chi connectivity index (χ0v) is 10.7. The van der Waals surface area contributed by atoms with Gasteiger partial charge in [0.2, 0.25) is 11.2 Å². The Morgan fingerprint density at radius 1 is 1.15 bits per heavy atom. The number of hydrogen-bond donors (Lipinski definition) is 2. The molecule has 0 fully saturated rings. The summed E-state index contributed by atoms with van der Waals surface area (Å²) < 4.78 is 9.91. The minimum Gasteiger partial charge on any atom is -0.502 e. The molecule has 2 aromatic carbocycles. The summed E-state index contributed by atoms with van der Waals surface area (Å²) in [7, 11) is 1.29. The van der Waals surface area contributed by atoms with Gasteiger partial charge in [0.1, 0.15) is 11.6 Å². The van der Waals surface area contributed by atoms with Crippen molar-refractivity contribution in [2.24, 2.45) is 0 Å². The van der Waals surface area contributed by atoms with Crippen LogP contribution >= 0.6 is 0 Å². The zero-order chi connectivity index (χ0) is 14.6. The Morgan fingerprint density at radius 2 is 1.85 bits per heavy atom. The summed E-state index contributed by atoms with van der Waals surface area (Å²) in [4.78, 5) is 24.2. The monoisotopic (exact) mass is 274 g/mol. The summed E-state index contributed by atoms with van der Waals surface area (Å²) in [5.74, 6) is -1.20. The van der Waals surface area contributed by atoms with Crippen LogP contribution in [0.25, 0.3) is 21.5 Å². The van der Waals surface area contributed by atoms with Gasteiger partial charge in [-0.15, -0.1) is 0 Å². The van der Waals surface area contributed by atoms with Gasteiger partial charge < -0.3 is 19.4 Å². The van der Waals surface area contributed by atoms with Crippen molar-refractivity contribution < 1.29 is 19.4 Å². The minimum absolute atomic E-state index is 0.0822. The standard InChI is InChI=1S/C14H10O6/c1-5-3-7(15)10-9-6(4-20-14(10)18)13(19-2)12(17)11(16)8(5)9/h3-4,17-18H,1-2H3. The molecule has 0 saturated carbocycles. The fraction of sp³-hybridized carbons (Fsp3) is 0.143. The summed E-state index contributed by atoms with van der Waals surface area (Å²) in [6.45, 7) is 1.59. The lowest BCUT2D eigenvalue weighted by Crippen LogP contribution is -2.10. The van der Waals surface area contributed by atoms with Crippen LogP contribution < -0.4 is 15.6 Å². The molecule has 3 aromatic rings. The molecule has 1 heterocycles. The lowest BCUT2D eigenvalue weighted by molar-refractivity contribution is 0.330. The maximum Gasteiger partial charge on any atom is 0.293 e. The molecule has 0 unspecified atom stereocenters. The Hall–Kier alpha value is -2.76. The Balaban J connectivity index is 2.84. The van der Waals surface area contributed by atoms with Gasteiger partial charge in [-0.2, -0.15) is 0 Å². The van der Waals surface area contributed by atoms with Gasteiger partial charge in [-0.3, -0.25) is 9.59 Å². The number of phenolic OH excluding ortho intramolecular Hbond substituents is 1. The molecule has 3 rings (SSSR count). The lowest BCUT2D eigenvalue weighted by Gasteiger charge is -2.11. The summed E-state index contributed by atoms with van der Waals surface area (Å²) in [6, 6.07) is 1.22. The number of aromatic hydroxyl groups is 2. The maximum atomic E-state index is 12.2. The van der Waals surface area contributed by atoms with Crippen molar-refractivity contribution in [2.75, 3.05) is 7.11 Å². The molecule has 20 heavy (non-hydrogen) atoms. The van der Waals surface area contributed by atoms with E-state index in [2.05, 4.69) is 0 Å². The second kappa shape index (κ2) is 3.86. The van der Waals surface area contributed by atoms with Crippen molar-refractivity contribution in [3.8, 4) is 17.4 Å². The van der Waals surface area contributed by atoms with E-state index in [-0.39, 0.29) is 27.3 Å². The smallest absolute Gasteiger partial charge is 0.293 e. The molecule has 2 N–H and O–H groups in total. The molecule has 6 nitrogen and oxygen atoms in total. The van der Waals surface area contributed by atoms with Gasteiger partial charge in [0, 0.05) is 10.8 Å². The van der Waals surface area contributed by atoms with Gasteiger partial charge in [-0.1, -0.05) is 0 Å². The highest BCUT2D eigenvalue weighted by molar-refractivity contribution is 6.14. The minimum atomic E-state index is -0.651. The Morgan fingerprint density at radius 3 is 2.50 bits per heavy atom. The van der Waals surface area contributed by atoms with Crippen LogP contribution in [0.2, 0.25) is 0 Å². The molecule has 0 aliphatic carbocycles. The molecule has 0 bridgehead atoms. The fourth-order valence-corrected chi connectivity index (χ4v) is 2.52. The van der Waals surface area contributed by atoms with Gasteiger partial charge >= 0.3 is 0 Å². The first-order chi connectivity index (χ1) is 9.47. The zero-order valence-electron chi connectivity index (χ0n) is 10.7. The van der Waals surface area contributed by atoms with Crippen molar-refractivity contribution >= 4 is 21.5 Å². The topological polar surface area (TPSA) is 97.0 Å². The van der Waals surface area contributed by atoms with Crippen LogP contribution in [0.1, 0.15) is 5.56 Å². The Kier molecular flexibility index (Phi) is 2.37. The fourth-order valence-electron chi connectivity index (χ4n) is 2.52. The molecule has 1 aromatic heterocycles. The predicted octanol–water partition coefficient (Wildman–Crippen LogP) is 1.47. The third-order valence-electron chi connectivity index (χ3n) is 3.37. The van der Waals surface area contributed by atoms with E-state index < -0.39 is 22.6 Å². The molecule has 6 heteroatoms. The second-order valence-electron chi connectivity index (χ2n) is 4.48. The first-order valence-corrected chi connectivity index (χ1v) is 5.77. The molecule has 0 spiro atoms. The number of phenols is 1. The summed E-state index contributed by atoms with van der Waals surface area (Å²) in [5, 5.41) is 20.2. The highest BCUT2D eigenvalue weighted by Crippen LogP contribution is 2.39. The van der Waals surface area contributed by atoms with E-state index in [0.29, 0.717) is 5.56 Å². The van der Waals surface area contributed by atoms with E-state index in [9.17, 15) is 19.8 Å². The first kappa shape index (κ1) is 12.3. The molecule has 0 amide bonds. The number of hydrogen-bond acceptors (Lipinski definition) is 6. The Labute approximate surface area is 111 Å². The van der Waals surface area contributed by atoms with E-state index >= 15 is 0 Å². The van der Waals surface area contributed by atoms with Crippen LogP contribution in [-0.2, 0) is 0 Å². The molecular formula is C14H10O6. The first-order valence-electron chi connectivity index (χ1n) is 5.77. The van der Waals surface area contributed by atoms with Crippen molar-refractivity contribution in [2.45, 2.75) is 6.92 Å². The van der Waals surface area contributed by atoms with Crippen LogP contribution in [0.3, 0.4) is 0 Å². The van der Waals surface area contributed by atoms with Crippen LogP contribution in [0.5, 0.6) is 17.4 Å². The highest BCUT2D eigenvalue weighted by Gasteiger charge is 2.22. The molecule has 0 atom stereocenters. The predicted molar refractivity (Wildman–Crippen MR) is 72.1 cm³/mol. The van der Waals surface area contributed by atoms with E-state index in [4.69, 9.17) is 9.15 Å². The number of methoxy groups -OCH3 is 1. The Bertz CT molecular complexity index is 954. The molecule has 0 aliphatic rings. The molecule has 0 saturated heterocycles. The van der Waals surface area contributed by atoms with Gasteiger partial charge in [0.15, 0.2) is 11.2 Å². The SMILES string of the molecule is COc1c(O)c(=O)c2c(C)cc(=O)c3c(O)occ1c32. The lowest BCUT2D eigenvalue weighted by atomic mass is 9.97. The van der Waals surface area contributed by atoms with Crippen molar-refractivity contribution in [3.05, 3.63) is 38.3 Å². The van der Waals surface area contributed by atoms with Crippen LogP contribution in [0.15, 0.2) is 26.3 Å². The third kappa shape index (κ3) is 1.33. The number of ether oxygens (including phenoxy) is 1. The van der Waals surface area contributed by atoms with E-state index in [1.54, 1.807) is 6.92 Å². The number of aryl methyl sites for hydroxylation is 1. The van der Waals surface area contributed by atoms with Crippen molar-refractivity contribution in [1.29, 1.82) is 0 Å². The van der Waals surface area contributed by atoms with Gasteiger partial charge in [0.05, 0.1) is 12.5 Å². The van der Waals surface area contributed by atoms with E-state index in [0.717, 1.165) is 6.26 Å².